The maximum Gasteiger partial charge on any atom is 0.261 e. The number of pyridine rings is 1. The van der Waals surface area contributed by atoms with E-state index >= 15 is 0 Å². The summed E-state index contributed by atoms with van der Waals surface area (Å²) < 4.78 is 17.1. The third kappa shape index (κ3) is 1.46. The number of halogens is 1. The highest BCUT2D eigenvalue weighted by Gasteiger charge is 2.06. The van der Waals surface area contributed by atoms with Crippen LogP contribution in [0.4, 0.5) is 10.3 Å². The van der Waals surface area contributed by atoms with Crippen LogP contribution in [0.1, 0.15) is 0 Å². The molecule has 13 heavy (non-hydrogen) atoms. The molecule has 0 saturated carbocycles. The summed E-state index contributed by atoms with van der Waals surface area (Å²) in [5.41, 5.74) is 5.77. The lowest BCUT2D eigenvalue weighted by Gasteiger charge is -1.90. The lowest BCUT2D eigenvalue weighted by atomic mass is 10.3. The van der Waals surface area contributed by atoms with E-state index in [4.69, 9.17) is 10.3 Å². The Kier molecular flexibility index (Phi) is 1.66. The van der Waals surface area contributed by atoms with Crippen molar-refractivity contribution in [3.63, 3.8) is 0 Å². The molecule has 2 aromatic rings. The van der Waals surface area contributed by atoms with Crippen LogP contribution in [0.2, 0.25) is 0 Å². The van der Waals surface area contributed by atoms with Gasteiger partial charge in [0.15, 0.2) is 0 Å². The molecule has 0 spiro atoms. The molecule has 0 amide bonds. The minimum Gasteiger partial charge on any atom is -0.365 e. The van der Waals surface area contributed by atoms with Crippen molar-refractivity contribution in [1.29, 1.82) is 0 Å². The van der Waals surface area contributed by atoms with Crippen molar-refractivity contribution < 1.29 is 8.91 Å². The predicted octanol–water partition coefficient (Wildman–Crippen LogP) is 0.853. The topological polar surface area (TPSA) is 77.8 Å². The van der Waals surface area contributed by atoms with E-state index < -0.39 is 5.95 Å². The molecule has 0 radical (unpaired) electrons. The van der Waals surface area contributed by atoms with Crippen molar-refractivity contribution in [2.75, 3.05) is 5.73 Å². The number of hydrogen-bond donors (Lipinski definition) is 1. The number of anilines is 1. The molecule has 0 unspecified atom stereocenters. The summed E-state index contributed by atoms with van der Waals surface area (Å²) in [5.74, 6) is -0.291. The van der Waals surface area contributed by atoms with Gasteiger partial charge in [0, 0.05) is 6.20 Å². The average Bonchev–Trinajstić information content (AvgIpc) is 2.53. The van der Waals surface area contributed by atoms with Gasteiger partial charge in [-0.15, -0.1) is 0 Å². The Morgan fingerprint density at radius 1 is 1.38 bits per heavy atom. The van der Waals surface area contributed by atoms with E-state index in [9.17, 15) is 4.39 Å². The van der Waals surface area contributed by atoms with Crippen LogP contribution in [0.3, 0.4) is 0 Å². The van der Waals surface area contributed by atoms with Crippen LogP contribution in [0.5, 0.6) is 0 Å². The molecule has 0 fully saturated rings. The number of nitrogens with zero attached hydrogens (tertiary/aromatic N) is 3. The molecule has 6 heteroatoms. The number of nitrogens with two attached hydrogens (primary N) is 1. The minimum absolute atomic E-state index is 0.0410. The van der Waals surface area contributed by atoms with Crippen LogP contribution < -0.4 is 5.73 Å². The van der Waals surface area contributed by atoms with E-state index in [1.54, 1.807) is 0 Å². The lowest BCUT2D eigenvalue weighted by molar-refractivity contribution is 0.432. The molecular weight excluding hydrogens is 175 g/mol. The van der Waals surface area contributed by atoms with Gasteiger partial charge >= 0.3 is 0 Å². The largest absolute Gasteiger partial charge is 0.365 e. The van der Waals surface area contributed by atoms with E-state index in [1.165, 1.54) is 18.3 Å². The number of nitrogen functional groups attached to an aromatic ring is 1. The van der Waals surface area contributed by atoms with Crippen molar-refractivity contribution in [1.82, 2.24) is 15.1 Å². The summed E-state index contributed by atoms with van der Waals surface area (Å²) in [5, 5.41) is 3.39. The van der Waals surface area contributed by atoms with Crippen molar-refractivity contribution in [3.8, 4) is 11.5 Å². The fourth-order valence-corrected chi connectivity index (χ4v) is 0.854. The van der Waals surface area contributed by atoms with Crippen LogP contribution in [-0.2, 0) is 0 Å². The zero-order valence-corrected chi connectivity index (χ0v) is 6.44. The standard InChI is InChI=1S/C7H5FN4O/c8-5-2-1-4(3-10-5)6-11-7(9)12-13-6/h1-3H,(H2,9,12). The number of rotatable bonds is 1. The van der Waals surface area contributed by atoms with Crippen LogP contribution in [0.25, 0.3) is 11.5 Å². The quantitative estimate of drug-likeness (QED) is 0.658. The first kappa shape index (κ1) is 7.66. The number of aromatic nitrogens is 3. The maximum absolute atomic E-state index is 12.4. The molecule has 0 aromatic carbocycles. The van der Waals surface area contributed by atoms with Crippen molar-refractivity contribution >= 4 is 5.95 Å². The second-order valence-corrected chi connectivity index (χ2v) is 2.33. The predicted molar refractivity (Wildman–Crippen MR) is 41.9 cm³/mol. The molecule has 2 aromatic heterocycles. The van der Waals surface area contributed by atoms with E-state index in [-0.39, 0.29) is 11.8 Å². The number of hydrogen-bond acceptors (Lipinski definition) is 5. The first-order valence-corrected chi connectivity index (χ1v) is 3.47. The van der Waals surface area contributed by atoms with Crippen LogP contribution in [0, 0.1) is 5.95 Å². The summed E-state index contributed by atoms with van der Waals surface area (Å²) in [6.45, 7) is 0. The summed E-state index contributed by atoms with van der Waals surface area (Å²) >= 11 is 0. The molecule has 0 aliphatic rings. The minimum atomic E-state index is -0.559. The summed E-state index contributed by atoms with van der Waals surface area (Å²) in [7, 11) is 0. The van der Waals surface area contributed by atoms with Gasteiger partial charge in [-0.1, -0.05) is 0 Å². The lowest BCUT2D eigenvalue weighted by Crippen LogP contribution is -1.86. The second-order valence-electron chi connectivity index (χ2n) is 2.33. The summed E-state index contributed by atoms with van der Waals surface area (Å²) in [4.78, 5) is 7.18. The summed E-state index contributed by atoms with van der Waals surface area (Å²) in [6.07, 6.45) is 1.29. The third-order valence-corrected chi connectivity index (χ3v) is 1.42. The molecule has 2 rings (SSSR count). The fraction of sp³-hybridized carbons (Fsp3) is 0. The van der Waals surface area contributed by atoms with Gasteiger partial charge in [-0.05, 0) is 17.3 Å². The smallest absolute Gasteiger partial charge is 0.261 e. The van der Waals surface area contributed by atoms with Gasteiger partial charge in [0.2, 0.25) is 5.95 Å². The first-order valence-electron chi connectivity index (χ1n) is 3.47. The Labute approximate surface area is 72.4 Å². The van der Waals surface area contributed by atoms with Crippen molar-refractivity contribution in [3.05, 3.63) is 24.3 Å². The van der Waals surface area contributed by atoms with Gasteiger partial charge in [-0.2, -0.15) is 9.37 Å². The highest BCUT2D eigenvalue weighted by atomic mass is 19.1. The van der Waals surface area contributed by atoms with Gasteiger partial charge in [0.25, 0.3) is 11.8 Å². The van der Waals surface area contributed by atoms with E-state index in [1.807, 2.05) is 0 Å². The van der Waals surface area contributed by atoms with E-state index in [0.29, 0.717) is 5.56 Å². The molecular formula is C7H5FN4O. The highest BCUT2D eigenvalue weighted by Crippen LogP contribution is 2.15. The highest BCUT2D eigenvalue weighted by molar-refractivity contribution is 5.51. The van der Waals surface area contributed by atoms with Gasteiger partial charge < -0.3 is 10.3 Å². The average molecular weight is 180 g/mol. The molecule has 0 aliphatic carbocycles. The van der Waals surface area contributed by atoms with Gasteiger partial charge in [-0.25, -0.2) is 4.98 Å². The van der Waals surface area contributed by atoms with Gasteiger partial charge in [0.05, 0.1) is 5.56 Å². The van der Waals surface area contributed by atoms with Gasteiger partial charge in [-0.3, -0.25) is 0 Å². The van der Waals surface area contributed by atoms with Crippen LogP contribution in [0.15, 0.2) is 22.9 Å². The molecule has 0 saturated heterocycles. The Morgan fingerprint density at radius 2 is 2.23 bits per heavy atom. The zero-order chi connectivity index (χ0) is 9.26. The summed E-state index contributed by atoms with van der Waals surface area (Å²) in [6, 6.07) is 2.69. The Morgan fingerprint density at radius 3 is 2.77 bits per heavy atom. The first-order chi connectivity index (χ1) is 6.25. The molecule has 66 valence electrons. The Balaban J connectivity index is 2.41. The van der Waals surface area contributed by atoms with E-state index in [2.05, 4.69) is 15.1 Å². The molecule has 5 nitrogen and oxygen atoms in total. The zero-order valence-electron chi connectivity index (χ0n) is 6.44. The molecule has 0 atom stereocenters. The van der Waals surface area contributed by atoms with E-state index in [0.717, 1.165) is 0 Å². The van der Waals surface area contributed by atoms with Gasteiger partial charge in [0.1, 0.15) is 0 Å². The Hall–Kier alpha value is -1.98. The molecule has 0 bridgehead atoms. The fourth-order valence-electron chi connectivity index (χ4n) is 0.854. The monoisotopic (exact) mass is 180 g/mol. The maximum atomic E-state index is 12.4. The third-order valence-electron chi connectivity index (χ3n) is 1.42. The Bertz CT molecular complexity index is 411. The normalized spacial score (nSPS) is 10.2. The second kappa shape index (κ2) is 2.81. The van der Waals surface area contributed by atoms with Crippen LogP contribution in [-0.4, -0.2) is 15.1 Å². The van der Waals surface area contributed by atoms with Crippen molar-refractivity contribution in [2.45, 2.75) is 0 Å². The van der Waals surface area contributed by atoms with Crippen molar-refractivity contribution in [2.24, 2.45) is 0 Å². The van der Waals surface area contributed by atoms with Crippen LogP contribution >= 0.6 is 0 Å². The SMILES string of the molecule is Nc1noc(-c2ccc(F)nc2)n1. The molecule has 2 heterocycles. The molecule has 0 aliphatic heterocycles. The molecule has 2 N–H and O–H groups in total.